The molecule has 0 unspecified atom stereocenters. The van der Waals surface area contributed by atoms with E-state index in [0.717, 1.165) is 28.2 Å². The molecule has 0 saturated heterocycles. The van der Waals surface area contributed by atoms with E-state index in [2.05, 4.69) is 15.3 Å². The van der Waals surface area contributed by atoms with Crippen molar-refractivity contribution >= 4 is 22.4 Å². The summed E-state index contributed by atoms with van der Waals surface area (Å²) in [4.78, 5) is 8.56. The van der Waals surface area contributed by atoms with Crippen LogP contribution in [0, 0.1) is 0 Å². The molecule has 0 aliphatic carbocycles. The number of nitrogens with one attached hydrogen (secondary N) is 1. The average molecular weight is 265 g/mol. The second-order valence-corrected chi connectivity index (χ2v) is 4.32. The summed E-state index contributed by atoms with van der Waals surface area (Å²) in [5, 5.41) is 4.31. The molecule has 0 fully saturated rings. The van der Waals surface area contributed by atoms with Crippen LogP contribution in [0.25, 0.3) is 10.9 Å². The Morgan fingerprint density at radius 3 is 2.60 bits per heavy atom. The van der Waals surface area contributed by atoms with Gasteiger partial charge in [0.2, 0.25) is 0 Å². The fraction of sp³-hybridized carbons (Fsp3) is 0.125. The smallest absolute Gasteiger partial charge is 0.141 e. The maximum Gasteiger partial charge on any atom is 0.141 e. The first-order chi connectivity index (χ1) is 9.86. The van der Waals surface area contributed by atoms with E-state index in [-0.39, 0.29) is 0 Å². The van der Waals surface area contributed by atoms with Crippen molar-refractivity contribution in [1.29, 1.82) is 0 Å². The first-order valence-corrected chi connectivity index (χ1v) is 6.56. The van der Waals surface area contributed by atoms with Crippen molar-refractivity contribution in [2.24, 2.45) is 0 Å². The van der Waals surface area contributed by atoms with Crippen molar-refractivity contribution in [3.63, 3.8) is 0 Å². The maximum absolute atomic E-state index is 5.43. The number of anilines is 2. The Kier molecular flexibility index (Phi) is 3.46. The molecule has 4 heteroatoms. The Morgan fingerprint density at radius 2 is 1.80 bits per heavy atom. The Balaban J connectivity index is 1.89. The van der Waals surface area contributed by atoms with E-state index in [1.807, 2.05) is 55.5 Å². The SMILES string of the molecule is CCOc1ccc(Nc2ncnc3ccccc23)cc1. The molecule has 4 nitrogen and oxygen atoms in total. The molecule has 20 heavy (non-hydrogen) atoms. The minimum absolute atomic E-state index is 0.670. The van der Waals surface area contributed by atoms with Gasteiger partial charge in [-0.2, -0.15) is 0 Å². The number of hydrogen-bond donors (Lipinski definition) is 1. The van der Waals surface area contributed by atoms with Crippen LogP contribution in [-0.4, -0.2) is 16.6 Å². The molecule has 1 N–H and O–H groups in total. The number of fused-ring (bicyclic) bond motifs is 1. The minimum atomic E-state index is 0.670. The zero-order chi connectivity index (χ0) is 13.8. The molecular weight excluding hydrogens is 250 g/mol. The second kappa shape index (κ2) is 5.57. The van der Waals surface area contributed by atoms with E-state index >= 15 is 0 Å². The fourth-order valence-electron chi connectivity index (χ4n) is 2.04. The highest BCUT2D eigenvalue weighted by molar-refractivity contribution is 5.90. The van der Waals surface area contributed by atoms with Gasteiger partial charge in [0.15, 0.2) is 0 Å². The first kappa shape index (κ1) is 12.4. The van der Waals surface area contributed by atoms with Gasteiger partial charge in [0, 0.05) is 11.1 Å². The van der Waals surface area contributed by atoms with Gasteiger partial charge in [0.1, 0.15) is 17.9 Å². The number of nitrogens with zero attached hydrogens (tertiary/aromatic N) is 2. The molecule has 0 radical (unpaired) electrons. The van der Waals surface area contributed by atoms with E-state index in [1.165, 1.54) is 0 Å². The van der Waals surface area contributed by atoms with Crippen molar-refractivity contribution in [3.05, 3.63) is 54.9 Å². The standard InChI is InChI=1S/C16H15N3O/c1-2-20-13-9-7-12(8-10-13)19-16-14-5-3-4-6-15(14)17-11-18-16/h3-11H,2H2,1H3,(H,17,18,19). The van der Waals surface area contributed by atoms with Gasteiger partial charge >= 0.3 is 0 Å². The van der Waals surface area contributed by atoms with Gasteiger partial charge in [-0.15, -0.1) is 0 Å². The van der Waals surface area contributed by atoms with E-state index in [1.54, 1.807) is 6.33 Å². The van der Waals surface area contributed by atoms with Crippen LogP contribution in [0.3, 0.4) is 0 Å². The van der Waals surface area contributed by atoms with Gasteiger partial charge in [-0.3, -0.25) is 0 Å². The number of benzene rings is 2. The molecule has 0 aliphatic heterocycles. The summed E-state index contributed by atoms with van der Waals surface area (Å²) in [6.07, 6.45) is 1.57. The zero-order valence-electron chi connectivity index (χ0n) is 11.2. The van der Waals surface area contributed by atoms with Crippen molar-refractivity contribution in [2.45, 2.75) is 6.92 Å². The lowest BCUT2D eigenvalue weighted by Gasteiger charge is -2.09. The molecule has 1 heterocycles. The first-order valence-electron chi connectivity index (χ1n) is 6.56. The lowest BCUT2D eigenvalue weighted by atomic mass is 10.2. The number of hydrogen-bond acceptors (Lipinski definition) is 4. The van der Waals surface area contributed by atoms with Crippen molar-refractivity contribution < 1.29 is 4.74 Å². The van der Waals surface area contributed by atoms with Crippen LogP contribution in [0.2, 0.25) is 0 Å². The second-order valence-electron chi connectivity index (χ2n) is 4.32. The van der Waals surface area contributed by atoms with Gasteiger partial charge in [0.25, 0.3) is 0 Å². The highest BCUT2D eigenvalue weighted by atomic mass is 16.5. The third-order valence-electron chi connectivity index (χ3n) is 2.97. The highest BCUT2D eigenvalue weighted by Gasteiger charge is 2.03. The summed E-state index contributed by atoms with van der Waals surface area (Å²) in [6.45, 7) is 2.64. The molecule has 3 aromatic rings. The van der Waals surface area contributed by atoms with Crippen molar-refractivity contribution in [3.8, 4) is 5.75 Å². The minimum Gasteiger partial charge on any atom is -0.494 e. The van der Waals surface area contributed by atoms with Gasteiger partial charge in [0.05, 0.1) is 12.1 Å². The third-order valence-corrected chi connectivity index (χ3v) is 2.97. The molecule has 100 valence electrons. The number of rotatable bonds is 4. The third kappa shape index (κ3) is 2.54. The van der Waals surface area contributed by atoms with Crippen LogP contribution < -0.4 is 10.1 Å². The maximum atomic E-state index is 5.43. The van der Waals surface area contributed by atoms with Crippen LogP contribution in [0.4, 0.5) is 11.5 Å². The molecule has 0 atom stereocenters. The predicted octanol–water partition coefficient (Wildman–Crippen LogP) is 3.77. The molecule has 0 spiro atoms. The summed E-state index contributed by atoms with van der Waals surface area (Å²) >= 11 is 0. The lowest BCUT2D eigenvalue weighted by Crippen LogP contribution is -1.96. The number of ether oxygens (including phenoxy) is 1. The van der Waals surface area contributed by atoms with Crippen LogP contribution in [0.1, 0.15) is 6.92 Å². The van der Waals surface area contributed by atoms with Gasteiger partial charge in [-0.1, -0.05) is 12.1 Å². The van der Waals surface area contributed by atoms with Crippen LogP contribution in [-0.2, 0) is 0 Å². The largest absolute Gasteiger partial charge is 0.494 e. The monoisotopic (exact) mass is 265 g/mol. The quantitative estimate of drug-likeness (QED) is 0.780. The van der Waals surface area contributed by atoms with Crippen LogP contribution >= 0.6 is 0 Å². The Hall–Kier alpha value is -2.62. The molecule has 2 aromatic carbocycles. The summed E-state index contributed by atoms with van der Waals surface area (Å²) < 4.78 is 5.43. The Bertz CT molecular complexity index is 705. The van der Waals surface area contributed by atoms with Crippen molar-refractivity contribution in [2.75, 3.05) is 11.9 Å². The molecule has 3 rings (SSSR count). The normalized spacial score (nSPS) is 10.4. The Labute approximate surface area is 117 Å². The van der Waals surface area contributed by atoms with E-state index in [4.69, 9.17) is 4.74 Å². The topological polar surface area (TPSA) is 47.0 Å². The van der Waals surface area contributed by atoms with E-state index < -0.39 is 0 Å². The fourth-order valence-corrected chi connectivity index (χ4v) is 2.04. The average Bonchev–Trinajstić information content (AvgIpc) is 2.50. The van der Waals surface area contributed by atoms with Gasteiger partial charge in [-0.25, -0.2) is 9.97 Å². The van der Waals surface area contributed by atoms with Crippen LogP contribution in [0.5, 0.6) is 5.75 Å². The summed E-state index contributed by atoms with van der Waals surface area (Å²) in [7, 11) is 0. The number of aromatic nitrogens is 2. The van der Waals surface area contributed by atoms with Gasteiger partial charge in [-0.05, 0) is 43.3 Å². The predicted molar refractivity (Wildman–Crippen MR) is 80.4 cm³/mol. The van der Waals surface area contributed by atoms with Crippen molar-refractivity contribution in [1.82, 2.24) is 9.97 Å². The van der Waals surface area contributed by atoms with Crippen LogP contribution in [0.15, 0.2) is 54.9 Å². The summed E-state index contributed by atoms with van der Waals surface area (Å²) in [6, 6.07) is 15.8. The molecular formula is C16H15N3O. The lowest BCUT2D eigenvalue weighted by molar-refractivity contribution is 0.340. The molecule has 0 saturated carbocycles. The highest BCUT2D eigenvalue weighted by Crippen LogP contribution is 2.23. The molecule has 0 amide bonds. The van der Waals surface area contributed by atoms with E-state index in [0.29, 0.717) is 6.61 Å². The summed E-state index contributed by atoms with van der Waals surface area (Å²) in [5.41, 5.74) is 1.90. The van der Waals surface area contributed by atoms with E-state index in [9.17, 15) is 0 Å². The zero-order valence-corrected chi connectivity index (χ0v) is 11.2. The Morgan fingerprint density at radius 1 is 1.00 bits per heavy atom. The number of para-hydroxylation sites is 1. The molecule has 0 bridgehead atoms. The van der Waals surface area contributed by atoms with Gasteiger partial charge < -0.3 is 10.1 Å². The molecule has 0 aliphatic rings. The molecule has 1 aromatic heterocycles. The summed E-state index contributed by atoms with van der Waals surface area (Å²) in [5.74, 6) is 1.67.